The molecular weight excluding hydrogens is 234 g/mol. The molecule has 1 aromatic carbocycles. The van der Waals surface area contributed by atoms with E-state index >= 15 is 0 Å². The number of methoxy groups -OCH3 is 2. The molecule has 1 aliphatic carbocycles. The number of benzene rings is 1. The van der Waals surface area contributed by atoms with Gasteiger partial charge in [0.05, 0.1) is 19.8 Å². The molecule has 1 aliphatic rings. The van der Waals surface area contributed by atoms with Gasteiger partial charge in [0.2, 0.25) is 5.78 Å². The Morgan fingerprint density at radius 2 is 1.67 bits per heavy atom. The molecule has 96 valence electrons. The third kappa shape index (κ3) is 1.47. The van der Waals surface area contributed by atoms with E-state index in [1.807, 2.05) is 13.8 Å². The van der Waals surface area contributed by atoms with Crippen LogP contribution in [0.2, 0.25) is 0 Å². The molecule has 0 atom stereocenters. The van der Waals surface area contributed by atoms with E-state index in [1.54, 1.807) is 7.11 Å². The Kier molecular flexibility index (Phi) is 2.98. The second-order valence-electron chi connectivity index (χ2n) is 4.22. The van der Waals surface area contributed by atoms with Gasteiger partial charge < -0.3 is 14.7 Å². The van der Waals surface area contributed by atoms with Gasteiger partial charge in [0, 0.05) is 12.0 Å². The summed E-state index contributed by atoms with van der Waals surface area (Å²) in [6, 6.07) is 0. The molecule has 0 saturated heterocycles. The van der Waals surface area contributed by atoms with Crippen molar-refractivity contribution in [1.29, 1.82) is 0 Å². The summed E-state index contributed by atoms with van der Waals surface area (Å²) in [5.41, 5.74) is 3.09. The maximum absolute atomic E-state index is 12.1. The first-order valence-electron chi connectivity index (χ1n) is 5.56. The van der Waals surface area contributed by atoms with Crippen LogP contribution in [0.25, 0.3) is 0 Å². The molecule has 0 unspecified atom stereocenters. The average Bonchev–Trinajstić information content (AvgIpc) is 2.69. The molecule has 2 rings (SSSR count). The molecular formula is C13H15NO4. The number of carbonyl (C=O) groups excluding carboxylic acids is 1. The summed E-state index contributed by atoms with van der Waals surface area (Å²) in [6.07, 6.45) is 0.269. The van der Waals surface area contributed by atoms with Crippen LogP contribution in [0.4, 0.5) is 0 Å². The number of rotatable bonds is 2. The minimum atomic E-state index is -0.300. The smallest absolute Gasteiger partial charge is 0.215 e. The van der Waals surface area contributed by atoms with Crippen molar-refractivity contribution in [2.75, 3.05) is 14.2 Å². The lowest BCUT2D eigenvalue weighted by molar-refractivity contribution is 0.106. The fourth-order valence-electron chi connectivity index (χ4n) is 2.42. The van der Waals surface area contributed by atoms with Crippen molar-refractivity contribution in [2.45, 2.75) is 20.3 Å². The third-order valence-corrected chi connectivity index (χ3v) is 3.41. The van der Waals surface area contributed by atoms with Crippen molar-refractivity contribution in [3.8, 4) is 11.5 Å². The van der Waals surface area contributed by atoms with E-state index in [-0.39, 0.29) is 17.9 Å². The van der Waals surface area contributed by atoms with Crippen LogP contribution < -0.4 is 9.47 Å². The quantitative estimate of drug-likeness (QED) is 0.642. The van der Waals surface area contributed by atoms with Gasteiger partial charge in [-0.05, 0) is 25.0 Å². The third-order valence-electron chi connectivity index (χ3n) is 3.41. The first-order valence-corrected chi connectivity index (χ1v) is 5.56. The predicted octanol–water partition coefficient (Wildman–Crippen LogP) is 1.89. The van der Waals surface area contributed by atoms with Gasteiger partial charge in [0.25, 0.3) is 0 Å². The number of hydrogen-bond acceptors (Lipinski definition) is 5. The lowest BCUT2D eigenvalue weighted by Crippen LogP contribution is -2.08. The largest absolute Gasteiger partial charge is 0.496 e. The van der Waals surface area contributed by atoms with Crippen molar-refractivity contribution in [2.24, 2.45) is 5.16 Å². The standard InChI is InChI=1S/C13H15NO4/c1-6-7(2)13(18-4)10-8(12(6)17-3)5-9(14-16)11(10)15/h16H,5H2,1-4H3. The molecule has 1 aromatic rings. The van der Waals surface area contributed by atoms with Gasteiger partial charge in [-0.2, -0.15) is 0 Å². The highest BCUT2D eigenvalue weighted by Crippen LogP contribution is 2.41. The molecule has 1 N–H and O–H groups in total. The first kappa shape index (κ1) is 12.4. The number of ether oxygens (including phenoxy) is 2. The minimum Gasteiger partial charge on any atom is -0.496 e. The highest BCUT2D eigenvalue weighted by molar-refractivity contribution is 6.50. The topological polar surface area (TPSA) is 68.1 Å². The maximum atomic E-state index is 12.1. The molecule has 0 heterocycles. The Morgan fingerprint density at radius 3 is 2.17 bits per heavy atom. The summed E-state index contributed by atoms with van der Waals surface area (Å²) in [5, 5.41) is 11.9. The Hall–Kier alpha value is -2.04. The Balaban J connectivity index is 2.82. The fraction of sp³-hybridized carbons (Fsp3) is 0.385. The van der Waals surface area contributed by atoms with E-state index < -0.39 is 0 Å². The molecule has 0 radical (unpaired) electrons. The van der Waals surface area contributed by atoms with Crippen molar-refractivity contribution >= 4 is 11.5 Å². The van der Waals surface area contributed by atoms with Gasteiger partial charge in [-0.25, -0.2) is 0 Å². The Morgan fingerprint density at radius 1 is 1.11 bits per heavy atom. The van der Waals surface area contributed by atoms with Crippen LogP contribution in [0.3, 0.4) is 0 Å². The average molecular weight is 249 g/mol. The zero-order valence-corrected chi connectivity index (χ0v) is 10.8. The lowest BCUT2D eigenvalue weighted by atomic mass is 9.98. The number of oxime groups is 1. The summed E-state index contributed by atoms with van der Waals surface area (Å²) in [5.74, 6) is 0.896. The van der Waals surface area contributed by atoms with Gasteiger partial charge in [-0.3, -0.25) is 4.79 Å². The van der Waals surface area contributed by atoms with E-state index in [2.05, 4.69) is 5.16 Å². The van der Waals surface area contributed by atoms with Crippen LogP contribution in [0.15, 0.2) is 5.16 Å². The van der Waals surface area contributed by atoms with E-state index in [4.69, 9.17) is 14.7 Å². The van der Waals surface area contributed by atoms with Crippen molar-refractivity contribution in [1.82, 2.24) is 0 Å². The van der Waals surface area contributed by atoms with Gasteiger partial charge in [0.1, 0.15) is 17.2 Å². The van der Waals surface area contributed by atoms with Crippen LogP contribution in [0.1, 0.15) is 27.0 Å². The van der Waals surface area contributed by atoms with Gasteiger partial charge in [0.15, 0.2) is 0 Å². The van der Waals surface area contributed by atoms with E-state index in [1.165, 1.54) is 7.11 Å². The molecule has 0 amide bonds. The Bertz CT molecular complexity index is 561. The summed E-state index contributed by atoms with van der Waals surface area (Å²) < 4.78 is 10.7. The molecule has 0 aromatic heterocycles. The van der Waals surface area contributed by atoms with E-state index in [9.17, 15) is 4.79 Å². The summed E-state index contributed by atoms with van der Waals surface area (Å²) in [7, 11) is 3.09. The van der Waals surface area contributed by atoms with Gasteiger partial charge >= 0.3 is 0 Å². The van der Waals surface area contributed by atoms with Crippen LogP contribution in [-0.4, -0.2) is 30.9 Å². The van der Waals surface area contributed by atoms with E-state index in [0.29, 0.717) is 17.1 Å². The lowest BCUT2D eigenvalue weighted by Gasteiger charge is -2.16. The molecule has 5 nitrogen and oxygen atoms in total. The molecule has 0 aliphatic heterocycles. The number of hydrogen-bond donors (Lipinski definition) is 1. The number of ketones is 1. The van der Waals surface area contributed by atoms with Crippen LogP contribution in [0.5, 0.6) is 11.5 Å². The van der Waals surface area contributed by atoms with Crippen LogP contribution in [-0.2, 0) is 6.42 Å². The van der Waals surface area contributed by atoms with Crippen molar-refractivity contribution < 1.29 is 19.5 Å². The second kappa shape index (κ2) is 4.33. The zero-order valence-electron chi connectivity index (χ0n) is 10.8. The van der Waals surface area contributed by atoms with Gasteiger partial charge in [-0.1, -0.05) is 5.16 Å². The number of Topliss-reactive ketones (excluding diaryl/α,β-unsaturated/α-hetero) is 1. The summed E-state index contributed by atoms with van der Waals surface area (Å²) in [6.45, 7) is 3.79. The van der Waals surface area contributed by atoms with Crippen molar-refractivity contribution in [3.05, 3.63) is 22.3 Å². The molecule has 0 bridgehead atoms. The minimum absolute atomic E-state index is 0.117. The zero-order chi connectivity index (χ0) is 13.4. The van der Waals surface area contributed by atoms with Crippen LogP contribution >= 0.6 is 0 Å². The molecule has 0 saturated carbocycles. The number of carbonyl (C=O) groups is 1. The SMILES string of the molecule is COc1c(C)c(C)c(OC)c2c1CC(=NO)C2=O. The normalized spacial score (nSPS) is 16.0. The molecule has 18 heavy (non-hydrogen) atoms. The summed E-state index contributed by atoms with van der Waals surface area (Å²) in [4.78, 5) is 12.1. The number of nitrogens with zero attached hydrogens (tertiary/aromatic N) is 1. The van der Waals surface area contributed by atoms with Crippen LogP contribution in [0, 0.1) is 13.8 Å². The summed E-state index contributed by atoms with van der Waals surface area (Å²) >= 11 is 0. The Labute approximate surface area is 105 Å². The van der Waals surface area contributed by atoms with E-state index in [0.717, 1.165) is 16.7 Å². The predicted molar refractivity (Wildman–Crippen MR) is 66.3 cm³/mol. The van der Waals surface area contributed by atoms with Gasteiger partial charge in [-0.15, -0.1) is 0 Å². The molecule has 0 fully saturated rings. The van der Waals surface area contributed by atoms with Crippen molar-refractivity contribution in [3.63, 3.8) is 0 Å². The second-order valence-corrected chi connectivity index (χ2v) is 4.22. The fourth-order valence-corrected chi connectivity index (χ4v) is 2.42. The first-order chi connectivity index (χ1) is 8.56. The highest BCUT2D eigenvalue weighted by atomic mass is 16.5. The molecule has 5 heteroatoms. The maximum Gasteiger partial charge on any atom is 0.215 e. The highest BCUT2D eigenvalue weighted by Gasteiger charge is 2.35. The number of fused-ring (bicyclic) bond motifs is 1. The monoisotopic (exact) mass is 249 g/mol. The molecule has 0 spiro atoms.